The summed E-state index contributed by atoms with van der Waals surface area (Å²) in [7, 11) is 0. The first-order valence-corrected chi connectivity index (χ1v) is 11.6. The number of hydrogen-bond donors (Lipinski definition) is 1. The summed E-state index contributed by atoms with van der Waals surface area (Å²) in [5.41, 5.74) is 1.18. The summed E-state index contributed by atoms with van der Waals surface area (Å²) in [6, 6.07) is 0.658. The minimum absolute atomic E-state index is 0.658. The molecular weight excluding hydrogens is 356 g/mol. The Morgan fingerprint density at radius 3 is 2.74 bits per heavy atom. The standard InChI is InChI=1S/C20H36N6S/c1-4-21-19(26-14-10-18(15-26)24(5-2)6-3)22-11-9-17-16-27-20(23-17)25-12-7-8-13-25/h16,18H,4-15H2,1-3H3,(H,21,22). The lowest BCUT2D eigenvalue weighted by Crippen LogP contribution is -2.43. The van der Waals surface area contributed by atoms with E-state index < -0.39 is 0 Å². The summed E-state index contributed by atoms with van der Waals surface area (Å²) >= 11 is 1.78. The lowest BCUT2D eigenvalue weighted by molar-refractivity contribution is 0.223. The van der Waals surface area contributed by atoms with Crippen molar-refractivity contribution in [3.8, 4) is 0 Å². The van der Waals surface area contributed by atoms with Crippen molar-refractivity contribution in [2.45, 2.75) is 52.5 Å². The van der Waals surface area contributed by atoms with E-state index in [0.717, 1.165) is 51.6 Å². The van der Waals surface area contributed by atoms with Gasteiger partial charge in [0, 0.05) is 57.1 Å². The van der Waals surface area contributed by atoms with Crippen LogP contribution >= 0.6 is 11.3 Å². The van der Waals surface area contributed by atoms with Crippen LogP contribution in [-0.2, 0) is 6.42 Å². The Morgan fingerprint density at radius 2 is 2.04 bits per heavy atom. The second-order valence-corrected chi connectivity index (χ2v) is 8.25. The van der Waals surface area contributed by atoms with E-state index in [4.69, 9.17) is 9.98 Å². The van der Waals surface area contributed by atoms with Crippen LogP contribution in [0.4, 0.5) is 5.13 Å². The third kappa shape index (κ3) is 5.35. The number of anilines is 1. The highest BCUT2D eigenvalue weighted by atomic mass is 32.1. The maximum Gasteiger partial charge on any atom is 0.193 e. The number of likely N-dealkylation sites (tertiary alicyclic amines) is 1. The van der Waals surface area contributed by atoms with Gasteiger partial charge in [-0.15, -0.1) is 11.3 Å². The van der Waals surface area contributed by atoms with Crippen molar-refractivity contribution in [1.29, 1.82) is 0 Å². The van der Waals surface area contributed by atoms with Crippen molar-refractivity contribution < 1.29 is 0 Å². The predicted molar refractivity (Wildman–Crippen MR) is 116 cm³/mol. The molecule has 1 atom stereocenters. The molecule has 0 spiro atoms. The van der Waals surface area contributed by atoms with Crippen LogP contribution in [0.15, 0.2) is 10.4 Å². The molecule has 1 unspecified atom stereocenters. The molecule has 1 aromatic heterocycles. The Morgan fingerprint density at radius 1 is 1.26 bits per heavy atom. The Kier molecular flexibility index (Phi) is 7.76. The van der Waals surface area contributed by atoms with Crippen molar-refractivity contribution in [2.75, 3.05) is 57.3 Å². The Balaban J connectivity index is 1.53. The normalized spacial score (nSPS) is 20.9. The number of aliphatic imine (C=N–C) groups is 1. The van der Waals surface area contributed by atoms with E-state index in [1.165, 1.54) is 43.2 Å². The number of hydrogen-bond acceptors (Lipinski definition) is 5. The zero-order chi connectivity index (χ0) is 19.1. The van der Waals surface area contributed by atoms with Gasteiger partial charge < -0.3 is 15.1 Å². The van der Waals surface area contributed by atoms with Gasteiger partial charge in [-0.1, -0.05) is 13.8 Å². The van der Waals surface area contributed by atoms with Gasteiger partial charge in [0.05, 0.1) is 5.69 Å². The molecule has 2 fully saturated rings. The van der Waals surface area contributed by atoms with Gasteiger partial charge >= 0.3 is 0 Å². The topological polar surface area (TPSA) is 47.0 Å². The second-order valence-electron chi connectivity index (χ2n) is 7.41. The van der Waals surface area contributed by atoms with Crippen molar-refractivity contribution in [1.82, 2.24) is 20.1 Å². The average Bonchev–Trinajstić information content (AvgIpc) is 3.43. The quantitative estimate of drug-likeness (QED) is 0.544. The van der Waals surface area contributed by atoms with Crippen LogP contribution in [0.3, 0.4) is 0 Å². The molecule has 0 radical (unpaired) electrons. The van der Waals surface area contributed by atoms with E-state index in [1.807, 2.05) is 0 Å². The van der Waals surface area contributed by atoms with Gasteiger partial charge in [-0.25, -0.2) is 4.98 Å². The molecule has 6 nitrogen and oxygen atoms in total. The van der Waals surface area contributed by atoms with Gasteiger partial charge in [0.1, 0.15) is 0 Å². The van der Waals surface area contributed by atoms with Crippen LogP contribution in [0.5, 0.6) is 0 Å². The van der Waals surface area contributed by atoms with Crippen molar-refractivity contribution in [2.24, 2.45) is 4.99 Å². The fourth-order valence-corrected chi connectivity index (χ4v) is 5.05. The maximum absolute atomic E-state index is 4.91. The summed E-state index contributed by atoms with van der Waals surface area (Å²) in [5, 5.41) is 6.89. The highest BCUT2D eigenvalue weighted by Crippen LogP contribution is 2.24. The monoisotopic (exact) mass is 392 g/mol. The highest BCUT2D eigenvalue weighted by molar-refractivity contribution is 7.13. The van der Waals surface area contributed by atoms with Crippen molar-refractivity contribution in [3.05, 3.63) is 11.1 Å². The molecule has 0 bridgehead atoms. The largest absolute Gasteiger partial charge is 0.357 e. The van der Waals surface area contributed by atoms with Crippen LogP contribution < -0.4 is 10.2 Å². The summed E-state index contributed by atoms with van der Waals surface area (Å²) < 4.78 is 0. The van der Waals surface area contributed by atoms with E-state index in [0.29, 0.717) is 6.04 Å². The van der Waals surface area contributed by atoms with Crippen LogP contribution in [-0.4, -0.2) is 79.1 Å². The summed E-state index contributed by atoms with van der Waals surface area (Å²) in [6.07, 6.45) is 4.76. The van der Waals surface area contributed by atoms with E-state index >= 15 is 0 Å². The molecule has 0 amide bonds. The van der Waals surface area contributed by atoms with E-state index in [2.05, 4.69) is 46.2 Å². The Hall–Kier alpha value is -1.34. The number of guanidine groups is 1. The lowest BCUT2D eigenvalue weighted by Gasteiger charge is -2.27. The van der Waals surface area contributed by atoms with Gasteiger partial charge in [0.25, 0.3) is 0 Å². The summed E-state index contributed by atoms with van der Waals surface area (Å²) in [6.45, 7) is 15.2. The van der Waals surface area contributed by atoms with Crippen molar-refractivity contribution >= 4 is 22.4 Å². The van der Waals surface area contributed by atoms with Gasteiger partial charge in [0.2, 0.25) is 0 Å². The first kappa shape index (κ1) is 20.4. The third-order valence-electron chi connectivity index (χ3n) is 5.67. The van der Waals surface area contributed by atoms with Gasteiger partial charge in [-0.05, 0) is 39.3 Å². The molecular formula is C20H36N6S. The number of nitrogens with one attached hydrogen (secondary N) is 1. The molecule has 3 heterocycles. The maximum atomic E-state index is 4.91. The molecule has 152 valence electrons. The minimum Gasteiger partial charge on any atom is -0.357 e. The van der Waals surface area contributed by atoms with Gasteiger partial charge in [-0.3, -0.25) is 9.89 Å². The van der Waals surface area contributed by atoms with Crippen LogP contribution in [0.25, 0.3) is 0 Å². The fraction of sp³-hybridized carbons (Fsp3) is 0.800. The number of aromatic nitrogens is 1. The Labute approximate surface area is 168 Å². The molecule has 2 saturated heterocycles. The van der Waals surface area contributed by atoms with Gasteiger partial charge in [0.15, 0.2) is 11.1 Å². The van der Waals surface area contributed by atoms with E-state index in [9.17, 15) is 0 Å². The second kappa shape index (κ2) is 10.3. The average molecular weight is 393 g/mol. The first-order valence-electron chi connectivity index (χ1n) is 10.7. The lowest BCUT2D eigenvalue weighted by atomic mass is 10.2. The van der Waals surface area contributed by atoms with Gasteiger partial charge in [-0.2, -0.15) is 0 Å². The molecule has 7 heteroatoms. The van der Waals surface area contributed by atoms with Crippen molar-refractivity contribution in [3.63, 3.8) is 0 Å². The molecule has 0 saturated carbocycles. The number of rotatable bonds is 8. The molecule has 27 heavy (non-hydrogen) atoms. The molecule has 2 aliphatic rings. The zero-order valence-electron chi connectivity index (χ0n) is 17.3. The van der Waals surface area contributed by atoms with Crippen LogP contribution in [0.1, 0.15) is 45.7 Å². The number of thiazole rings is 1. The minimum atomic E-state index is 0.658. The first-order chi connectivity index (χ1) is 13.2. The Bertz CT molecular complexity index is 591. The molecule has 3 rings (SSSR count). The number of nitrogens with zero attached hydrogens (tertiary/aromatic N) is 5. The third-order valence-corrected chi connectivity index (χ3v) is 6.62. The zero-order valence-corrected chi connectivity index (χ0v) is 18.1. The number of likely N-dealkylation sites (N-methyl/N-ethyl adjacent to an activating group) is 1. The van der Waals surface area contributed by atoms with E-state index in [-0.39, 0.29) is 0 Å². The summed E-state index contributed by atoms with van der Waals surface area (Å²) in [4.78, 5) is 17.1. The smallest absolute Gasteiger partial charge is 0.193 e. The summed E-state index contributed by atoms with van der Waals surface area (Å²) in [5.74, 6) is 1.07. The van der Waals surface area contributed by atoms with Crippen LogP contribution in [0, 0.1) is 0 Å². The SMILES string of the molecule is CCNC(=NCCc1csc(N2CCCC2)n1)N1CCC(N(CC)CC)C1. The fourth-order valence-electron chi connectivity index (χ4n) is 4.14. The van der Waals surface area contributed by atoms with E-state index in [1.54, 1.807) is 11.3 Å². The molecule has 1 aromatic rings. The molecule has 0 aromatic carbocycles. The predicted octanol–water partition coefficient (Wildman–Crippen LogP) is 2.67. The molecule has 1 N–H and O–H groups in total. The highest BCUT2D eigenvalue weighted by Gasteiger charge is 2.27. The van der Waals surface area contributed by atoms with Crippen LogP contribution in [0.2, 0.25) is 0 Å². The molecule has 0 aliphatic carbocycles. The molecule has 2 aliphatic heterocycles.